The Labute approximate surface area is 73.2 Å². The van der Waals surface area contributed by atoms with Crippen LogP contribution in [0.25, 0.3) is 0 Å². The monoisotopic (exact) mass is 405 g/mol. The fourth-order valence-electron chi connectivity index (χ4n) is 0. The first-order valence-corrected chi connectivity index (χ1v) is 6.04. The third-order valence-electron chi connectivity index (χ3n) is 0.165. The fraction of sp³-hybridized carbons (Fsp3) is 0. The molecule has 0 aromatic carbocycles. The zero-order valence-corrected chi connectivity index (χ0v) is 9.18. The van der Waals surface area contributed by atoms with Crippen molar-refractivity contribution in [2.45, 2.75) is 0 Å². The summed E-state index contributed by atoms with van der Waals surface area (Å²) in [5, 5.41) is 0.388. The Morgan fingerprint density at radius 3 is 1.60 bits per heavy atom. The number of halogens is 3. The van der Waals surface area contributed by atoms with E-state index >= 15 is 0 Å². The Bertz CT molecular complexity index is 18.9. The molecule has 0 amide bonds. The molecule has 0 rings (SSSR count). The minimum atomic E-state index is 0.388. The van der Waals surface area contributed by atoms with Crippen LogP contribution in [0.3, 0.4) is 0 Å². The van der Waals surface area contributed by atoms with Gasteiger partial charge in [0, 0.05) is 5.03 Å². The molecule has 0 aromatic heterocycles. The summed E-state index contributed by atoms with van der Waals surface area (Å²) in [6.07, 6.45) is 0. The van der Waals surface area contributed by atoms with Crippen molar-refractivity contribution >= 4 is 74.5 Å². The van der Waals surface area contributed by atoms with Crippen molar-refractivity contribution in [2.75, 3.05) is 0 Å². The SMILES string of the molecule is I[BH2-]B(I)I. The van der Waals surface area contributed by atoms with Gasteiger partial charge in [-0.2, -0.15) is 44.7 Å². The van der Waals surface area contributed by atoms with E-state index in [1.165, 1.54) is 0 Å². The van der Waals surface area contributed by atoms with E-state index < -0.39 is 0 Å². The Morgan fingerprint density at radius 1 is 1.40 bits per heavy atom. The summed E-state index contributed by atoms with van der Waals surface area (Å²) in [5.41, 5.74) is 0. The van der Waals surface area contributed by atoms with Gasteiger partial charge < -0.3 is 22.4 Å². The second-order valence-electron chi connectivity index (χ2n) is 0.737. The molecule has 5 heavy (non-hydrogen) atoms. The topological polar surface area (TPSA) is 0 Å². The first kappa shape index (κ1) is 7.32. The molecule has 0 aromatic rings. The highest BCUT2D eigenvalue weighted by atomic mass is 127. The summed E-state index contributed by atoms with van der Waals surface area (Å²) in [5.74, 6) is 0. The van der Waals surface area contributed by atoms with Gasteiger partial charge in [0.2, 0.25) is 0 Å². The Kier molecular flexibility index (Phi) is 6.56. The van der Waals surface area contributed by atoms with E-state index in [-0.39, 0.29) is 0 Å². The largest absolute Gasteiger partial charge is 0.367 e. The average molecular weight is 404 g/mol. The van der Waals surface area contributed by atoms with Crippen molar-refractivity contribution < 1.29 is 0 Å². The number of rotatable bonds is 1. The van der Waals surface area contributed by atoms with Gasteiger partial charge in [0.15, 0.2) is 0 Å². The fourth-order valence-corrected chi connectivity index (χ4v) is 0. The second-order valence-corrected chi connectivity index (χ2v) is 8.10. The molecule has 5 heteroatoms. The third kappa shape index (κ3) is 6.32. The minimum absolute atomic E-state index is 0.388. The Balaban J connectivity index is 2.54. The van der Waals surface area contributed by atoms with Crippen LogP contribution in [0.1, 0.15) is 0 Å². The molecule has 0 unspecified atom stereocenters. The summed E-state index contributed by atoms with van der Waals surface area (Å²) in [6.45, 7) is 0. The Hall–Kier alpha value is 2.32. The first-order valence-electron chi connectivity index (χ1n) is 1.39. The van der Waals surface area contributed by atoms with Gasteiger partial charge in [-0.15, -0.1) is 0 Å². The van der Waals surface area contributed by atoms with Gasteiger partial charge in [0.25, 0.3) is 0 Å². The van der Waals surface area contributed by atoms with E-state index in [0.29, 0.717) is 5.03 Å². The van der Waals surface area contributed by atoms with Crippen LogP contribution in [-0.4, -0.2) is 7.34 Å². The molecule has 0 radical (unpaired) electrons. The van der Waals surface area contributed by atoms with Crippen molar-refractivity contribution in [1.82, 2.24) is 0 Å². The molecule has 30 valence electrons. The van der Waals surface area contributed by atoms with E-state index in [9.17, 15) is 0 Å². The zero-order chi connectivity index (χ0) is 4.28. The van der Waals surface area contributed by atoms with Crippen LogP contribution < -0.4 is 0 Å². The van der Waals surface area contributed by atoms with Crippen molar-refractivity contribution in [3.8, 4) is 0 Å². The van der Waals surface area contributed by atoms with Gasteiger partial charge in [-0.3, -0.25) is 0 Å². The lowest BCUT2D eigenvalue weighted by molar-refractivity contribution is 4.59. The van der Waals surface area contributed by atoms with Crippen molar-refractivity contribution in [3.05, 3.63) is 0 Å². The molecule has 0 aliphatic rings. The summed E-state index contributed by atoms with van der Waals surface area (Å²) in [6, 6.07) is 0. The molecule has 0 N–H and O–H groups in total. The Morgan fingerprint density at radius 2 is 1.60 bits per heavy atom. The minimum Gasteiger partial charge on any atom is -0.367 e. The highest BCUT2D eigenvalue weighted by Crippen LogP contribution is 2.03. The van der Waals surface area contributed by atoms with Crippen molar-refractivity contribution in [2.24, 2.45) is 0 Å². The predicted octanol–water partition coefficient (Wildman–Crippen LogP) is 1.36. The third-order valence-corrected chi connectivity index (χ3v) is 7.42. The molecule has 0 aliphatic carbocycles. The molecule has 0 bridgehead atoms. The smallest absolute Gasteiger partial charge is 0.131 e. The maximum absolute atomic E-state index is 2.49. The molecule has 0 saturated carbocycles. The second kappa shape index (κ2) is 4.48. The van der Waals surface area contributed by atoms with Crippen molar-refractivity contribution in [3.63, 3.8) is 0 Å². The van der Waals surface area contributed by atoms with Gasteiger partial charge >= 0.3 is 0 Å². The standard InChI is InChI=1S/B2H2I3/c3-1-2(4)5/h1H2/q-1. The average Bonchev–Trinajstić information content (AvgIpc) is 1.38. The van der Waals surface area contributed by atoms with E-state index in [2.05, 4.69) is 67.1 Å². The van der Waals surface area contributed by atoms with Crippen LogP contribution in [0.15, 0.2) is 0 Å². The molecule has 0 heterocycles. The quantitative estimate of drug-likeness (QED) is 0.458. The first-order chi connectivity index (χ1) is 2.27. The lowest BCUT2D eigenvalue weighted by atomic mass is 9.80. The van der Waals surface area contributed by atoms with Crippen LogP contribution in [0.2, 0.25) is 0 Å². The maximum Gasteiger partial charge on any atom is 0.131 e. The van der Waals surface area contributed by atoms with Gasteiger partial charge in [-0.25, -0.2) is 0 Å². The summed E-state index contributed by atoms with van der Waals surface area (Å²) in [4.78, 5) is 0. The number of hydrogen-bond donors (Lipinski definition) is 0. The van der Waals surface area contributed by atoms with Gasteiger partial charge in [0.1, 0.15) is 2.32 Å². The molecule has 0 spiro atoms. The van der Waals surface area contributed by atoms with Gasteiger partial charge in [-0.05, 0) is 0 Å². The lowest BCUT2D eigenvalue weighted by Gasteiger charge is -1.86. The molecule has 0 nitrogen and oxygen atoms in total. The van der Waals surface area contributed by atoms with E-state index in [0.717, 1.165) is 2.32 Å². The predicted molar refractivity (Wildman–Crippen MR) is 56.4 cm³/mol. The van der Waals surface area contributed by atoms with E-state index in [4.69, 9.17) is 0 Å². The number of hydrogen-bond acceptors (Lipinski definition) is 0. The summed E-state index contributed by atoms with van der Waals surface area (Å²) in [7, 11) is 0. The van der Waals surface area contributed by atoms with Crippen LogP contribution >= 0.6 is 67.1 Å². The van der Waals surface area contributed by atoms with Crippen molar-refractivity contribution in [1.29, 1.82) is 0 Å². The summed E-state index contributed by atoms with van der Waals surface area (Å²) >= 11 is 7.37. The van der Waals surface area contributed by atoms with Crippen LogP contribution in [0, 0.1) is 0 Å². The zero-order valence-electron chi connectivity index (χ0n) is 2.71. The molecule has 0 fully saturated rings. The molecular formula is H2B2I3-. The van der Waals surface area contributed by atoms with Crippen LogP contribution in [0.5, 0.6) is 0 Å². The normalized spacial score (nSPS) is 7.80. The van der Waals surface area contributed by atoms with Crippen LogP contribution in [0.4, 0.5) is 0 Å². The summed E-state index contributed by atoms with van der Waals surface area (Å²) < 4.78 is 0.936. The highest BCUT2D eigenvalue weighted by Gasteiger charge is 1.85. The maximum atomic E-state index is 2.49. The molecule has 0 saturated heterocycles. The molecule has 0 atom stereocenters. The van der Waals surface area contributed by atoms with Gasteiger partial charge in [-0.1, -0.05) is 0 Å². The molecular weight excluding hydrogens is 402 g/mol. The molecule has 0 aliphatic heterocycles. The lowest BCUT2D eigenvalue weighted by Crippen LogP contribution is -1.93. The highest BCUT2D eigenvalue weighted by molar-refractivity contribution is 14.3. The van der Waals surface area contributed by atoms with Crippen LogP contribution in [-0.2, 0) is 0 Å². The van der Waals surface area contributed by atoms with Gasteiger partial charge in [0.05, 0.1) is 0 Å². The van der Waals surface area contributed by atoms with E-state index in [1.54, 1.807) is 0 Å². The van der Waals surface area contributed by atoms with E-state index in [1.807, 2.05) is 0 Å².